The Morgan fingerprint density at radius 2 is 2.00 bits per heavy atom. The number of rotatable bonds is 7. The molecule has 150 valence electrons. The highest BCUT2D eigenvalue weighted by Gasteiger charge is 2.21. The summed E-state index contributed by atoms with van der Waals surface area (Å²) in [6, 6.07) is 1.88. The molecule has 0 aromatic carbocycles. The Morgan fingerprint density at radius 1 is 1.17 bits per heavy atom. The van der Waals surface area contributed by atoms with Crippen molar-refractivity contribution in [1.29, 1.82) is 0 Å². The number of anilines is 1. The van der Waals surface area contributed by atoms with E-state index >= 15 is 0 Å². The van der Waals surface area contributed by atoms with E-state index in [1.165, 1.54) is 12.5 Å². The third-order valence-corrected chi connectivity index (χ3v) is 4.68. The first kappa shape index (κ1) is 20.2. The molecule has 0 bridgehead atoms. The van der Waals surface area contributed by atoms with Crippen LogP contribution in [0.15, 0.2) is 49.2 Å². The third kappa shape index (κ3) is 4.66. The van der Waals surface area contributed by atoms with E-state index in [-0.39, 0.29) is 11.9 Å². The maximum Gasteiger partial charge on any atom is 0.274 e. The lowest BCUT2D eigenvalue weighted by molar-refractivity contribution is 0.0741. The monoisotopic (exact) mass is 391 g/mol. The predicted octanol–water partition coefficient (Wildman–Crippen LogP) is 2.93. The highest BCUT2D eigenvalue weighted by Crippen LogP contribution is 2.21. The van der Waals surface area contributed by atoms with Gasteiger partial charge in [-0.15, -0.1) is 0 Å². The third-order valence-electron chi connectivity index (χ3n) is 4.68. The molecule has 3 aromatic rings. The summed E-state index contributed by atoms with van der Waals surface area (Å²) < 4.78 is 0. The molecule has 1 unspecified atom stereocenters. The van der Waals surface area contributed by atoms with Gasteiger partial charge in [-0.3, -0.25) is 9.78 Å². The molecule has 1 atom stereocenters. The van der Waals surface area contributed by atoms with Gasteiger partial charge in [-0.1, -0.05) is 18.2 Å². The van der Waals surface area contributed by atoms with Gasteiger partial charge in [0.1, 0.15) is 23.5 Å². The van der Waals surface area contributed by atoms with Crippen molar-refractivity contribution in [1.82, 2.24) is 29.8 Å². The number of nitrogens with one attached hydrogen (secondary N) is 1. The maximum atomic E-state index is 12.8. The molecule has 0 aliphatic carbocycles. The Morgan fingerprint density at radius 3 is 2.72 bits per heavy atom. The van der Waals surface area contributed by atoms with E-state index < -0.39 is 0 Å². The van der Waals surface area contributed by atoms with Crippen LogP contribution in [0.2, 0.25) is 0 Å². The van der Waals surface area contributed by atoms with Crippen molar-refractivity contribution in [3.63, 3.8) is 0 Å². The van der Waals surface area contributed by atoms with Gasteiger partial charge in [0.15, 0.2) is 0 Å². The van der Waals surface area contributed by atoms with Gasteiger partial charge in [0.2, 0.25) is 0 Å². The summed E-state index contributed by atoms with van der Waals surface area (Å²) >= 11 is 0. The number of amides is 1. The molecule has 8 nitrogen and oxygen atoms in total. The number of aromatic amines is 1. The van der Waals surface area contributed by atoms with Crippen molar-refractivity contribution in [3.8, 4) is 0 Å². The standard InChI is InChI=1S/C21H25N7O/c1-5-6-7-8-16-11-24-18(12-23-16)21(29)28(4)15(2)13-27(3)20-17-9-10-22-19(17)25-14-26-20/h5-12,14-15H,13H2,1-4H3,(H,22,25,26)/b6-5-,8-7-. The van der Waals surface area contributed by atoms with Crippen LogP contribution in [0.1, 0.15) is 30.0 Å². The summed E-state index contributed by atoms with van der Waals surface area (Å²) in [5, 5.41) is 0.948. The van der Waals surface area contributed by atoms with E-state index in [0.717, 1.165) is 16.9 Å². The van der Waals surface area contributed by atoms with Crippen molar-refractivity contribution in [2.75, 3.05) is 25.5 Å². The number of likely N-dealkylation sites (N-methyl/N-ethyl adjacent to an activating group) is 2. The first-order valence-electron chi connectivity index (χ1n) is 9.39. The molecule has 1 N–H and O–H groups in total. The van der Waals surface area contributed by atoms with Crippen LogP contribution in [-0.4, -0.2) is 62.4 Å². The zero-order chi connectivity index (χ0) is 20.8. The molecule has 3 aromatic heterocycles. The number of nitrogens with zero attached hydrogens (tertiary/aromatic N) is 6. The average molecular weight is 391 g/mol. The van der Waals surface area contributed by atoms with E-state index in [0.29, 0.717) is 17.9 Å². The summed E-state index contributed by atoms with van der Waals surface area (Å²) in [5.74, 6) is 0.651. The van der Waals surface area contributed by atoms with Crippen LogP contribution in [0.25, 0.3) is 17.1 Å². The number of fused-ring (bicyclic) bond motifs is 1. The molecule has 0 aliphatic rings. The zero-order valence-corrected chi connectivity index (χ0v) is 17.1. The fraction of sp³-hybridized carbons (Fsp3) is 0.286. The van der Waals surface area contributed by atoms with Gasteiger partial charge >= 0.3 is 0 Å². The van der Waals surface area contributed by atoms with Gasteiger partial charge in [0, 0.05) is 32.9 Å². The van der Waals surface area contributed by atoms with Crippen LogP contribution in [0.5, 0.6) is 0 Å². The van der Waals surface area contributed by atoms with Crippen LogP contribution >= 0.6 is 0 Å². The second-order valence-corrected chi connectivity index (χ2v) is 6.79. The Bertz CT molecular complexity index is 1020. The summed E-state index contributed by atoms with van der Waals surface area (Å²) in [7, 11) is 3.73. The fourth-order valence-electron chi connectivity index (χ4n) is 2.95. The Hall–Kier alpha value is -3.55. The zero-order valence-electron chi connectivity index (χ0n) is 17.1. The highest BCUT2D eigenvalue weighted by molar-refractivity contribution is 5.92. The molecule has 1 amide bonds. The Kier molecular flexibility index (Phi) is 6.33. The average Bonchev–Trinajstić information content (AvgIpc) is 3.22. The van der Waals surface area contributed by atoms with E-state index in [2.05, 4.69) is 24.9 Å². The molecule has 0 spiro atoms. The number of H-pyrrole nitrogens is 1. The molecule has 0 saturated heterocycles. The number of allylic oxidation sites excluding steroid dienone is 3. The van der Waals surface area contributed by atoms with E-state index in [9.17, 15) is 4.79 Å². The molecular weight excluding hydrogens is 366 g/mol. The van der Waals surface area contributed by atoms with E-state index in [4.69, 9.17) is 0 Å². The van der Waals surface area contributed by atoms with Gasteiger partial charge in [-0.25, -0.2) is 15.0 Å². The molecule has 0 radical (unpaired) electrons. The van der Waals surface area contributed by atoms with Gasteiger partial charge in [-0.05, 0) is 26.0 Å². The van der Waals surface area contributed by atoms with Crippen molar-refractivity contribution in [2.45, 2.75) is 19.9 Å². The number of hydrogen-bond donors (Lipinski definition) is 1. The molecular formula is C21H25N7O. The van der Waals surface area contributed by atoms with Crippen LogP contribution in [-0.2, 0) is 0 Å². The number of aromatic nitrogens is 5. The van der Waals surface area contributed by atoms with E-state index in [1.54, 1.807) is 18.1 Å². The van der Waals surface area contributed by atoms with Crippen LogP contribution < -0.4 is 4.90 Å². The summed E-state index contributed by atoms with van der Waals surface area (Å²) in [6.07, 6.45) is 14.0. The van der Waals surface area contributed by atoms with Crippen molar-refractivity contribution >= 4 is 28.8 Å². The molecule has 0 fully saturated rings. The molecule has 8 heteroatoms. The topological polar surface area (TPSA) is 90.9 Å². The van der Waals surface area contributed by atoms with Gasteiger partial charge in [0.05, 0.1) is 23.5 Å². The number of carbonyl (C=O) groups is 1. The lowest BCUT2D eigenvalue weighted by atomic mass is 10.2. The predicted molar refractivity (Wildman–Crippen MR) is 115 cm³/mol. The molecule has 3 heterocycles. The number of carbonyl (C=O) groups excluding carboxylic acids is 1. The quantitative estimate of drug-likeness (QED) is 0.623. The van der Waals surface area contributed by atoms with Crippen LogP contribution in [0.3, 0.4) is 0 Å². The maximum absolute atomic E-state index is 12.8. The van der Waals surface area contributed by atoms with E-state index in [1.807, 2.05) is 62.4 Å². The first-order valence-corrected chi connectivity index (χ1v) is 9.39. The molecule has 0 aliphatic heterocycles. The van der Waals surface area contributed by atoms with Gasteiger partial charge in [0.25, 0.3) is 5.91 Å². The minimum Gasteiger partial charge on any atom is -0.357 e. The normalized spacial score (nSPS) is 12.7. The smallest absolute Gasteiger partial charge is 0.274 e. The van der Waals surface area contributed by atoms with Crippen molar-refractivity contribution < 1.29 is 4.79 Å². The lowest BCUT2D eigenvalue weighted by Crippen LogP contribution is -2.42. The van der Waals surface area contributed by atoms with Crippen LogP contribution in [0, 0.1) is 0 Å². The second kappa shape index (κ2) is 9.09. The SMILES string of the molecule is C/C=C\C=C/c1cnc(C(=O)N(C)C(C)CN(C)c2ncnc3[nH]ccc23)cn1. The minimum absolute atomic E-state index is 0.0625. The second-order valence-electron chi connectivity index (χ2n) is 6.79. The fourth-order valence-corrected chi connectivity index (χ4v) is 2.95. The van der Waals surface area contributed by atoms with Crippen molar-refractivity contribution in [3.05, 3.63) is 60.6 Å². The summed E-state index contributed by atoms with van der Waals surface area (Å²) in [5.41, 5.74) is 1.81. The highest BCUT2D eigenvalue weighted by atomic mass is 16.2. The summed E-state index contributed by atoms with van der Waals surface area (Å²) in [4.78, 5) is 36.7. The molecule has 29 heavy (non-hydrogen) atoms. The van der Waals surface area contributed by atoms with Crippen molar-refractivity contribution in [2.24, 2.45) is 0 Å². The largest absolute Gasteiger partial charge is 0.357 e. The molecule has 0 saturated carbocycles. The number of hydrogen-bond acceptors (Lipinski definition) is 6. The first-order chi connectivity index (χ1) is 14.0. The van der Waals surface area contributed by atoms with Gasteiger partial charge in [-0.2, -0.15) is 0 Å². The van der Waals surface area contributed by atoms with Crippen LogP contribution in [0.4, 0.5) is 5.82 Å². The molecule has 3 rings (SSSR count). The van der Waals surface area contributed by atoms with Gasteiger partial charge < -0.3 is 14.8 Å². The lowest BCUT2D eigenvalue weighted by Gasteiger charge is -2.29. The minimum atomic E-state index is -0.170. The summed E-state index contributed by atoms with van der Waals surface area (Å²) in [6.45, 7) is 4.54. The Balaban J connectivity index is 1.66. The Labute approximate surface area is 170 Å².